The van der Waals surface area contributed by atoms with Gasteiger partial charge in [0.15, 0.2) is 0 Å². The third-order valence-electron chi connectivity index (χ3n) is 1.76. The Balaban J connectivity index is 2.44. The first kappa shape index (κ1) is 9.38. The Kier molecular flexibility index (Phi) is 2.20. The van der Waals surface area contributed by atoms with Gasteiger partial charge in [-0.05, 0) is 0 Å². The molecule has 0 unspecified atom stereocenters. The number of aromatic nitrogens is 4. The lowest BCUT2D eigenvalue weighted by Crippen LogP contribution is -1.86. The third-order valence-corrected chi connectivity index (χ3v) is 1.76. The Bertz CT molecular complexity index is 482. The summed E-state index contributed by atoms with van der Waals surface area (Å²) in [6, 6.07) is -0.508. The smallest absolute Gasteiger partial charge is 0.317 e. The molecule has 0 saturated carbocycles. The summed E-state index contributed by atoms with van der Waals surface area (Å²) in [7, 11) is 0. The number of aryl methyl sites for hydroxylation is 1. The minimum atomic E-state index is -0.508. The standard InChI is InChI=1S/C8H8N4O3/c1-2-5-11-12-7(15-5)4-3-9-8(14)10-6(4)13/h3H,2H2,1H3,(H2,9,10,13,14). The van der Waals surface area contributed by atoms with Crippen molar-refractivity contribution >= 4 is 0 Å². The molecule has 2 aromatic heterocycles. The van der Waals surface area contributed by atoms with Crippen molar-refractivity contribution in [2.24, 2.45) is 0 Å². The molecule has 2 heterocycles. The third kappa shape index (κ3) is 1.71. The summed E-state index contributed by atoms with van der Waals surface area (Å²) in [5, 5.41) is 25.7. The SMILES string of the molecule is CCc1nnc(-c2cnc(O)nc2O)o1. The van der Waals surface area contributed by atoms with Gasteiger partial charge < -0.3 is 14.6 Å². The number of hydrogen-bond acceptors (Lipinski definition) is 7. The Hall–Kier alpha value is -2.18. The fourth-order valence-electron chi connectivity index (χ4n) is 1.02. The quantitative estimate of drug-likeness (QED) is 0.740. The van der Waals surface area contributed by atoms with Crippen LogP contribution in [0.3, 0.4) is 0 Å². The fourth-order valence-corrected chi connectivity index (χ4v) is 1.02. The van der Waals surface area contributed by atoms with Crippen LogP contribution in [0.5, 0.6) is 11.9 Å². The highest BCUT2D eigenvalue weighted by atomic mass is 16.4. The molecule has 0 spiro atoms. The van der Waals surface area contributed by atoms with Gasteiger partial charge in [-0.2, -0.15) is 4.98 Å². The molecule has 0 aromatic carbocycles. The molecule has 7 nitrogen and oxygen atoms in total. The maximum Gasteiger partial charge on any atom is 0.317 e. The molecule has 78 valence electrons. The van der Waals surface area contributed by atoms with Crippen LogP contribution in [-0.4, -0.2) is 30.4 Å². The molecule has 0 amide bonds. The monoisotopic (exact) mass is 208 g/mol. The van der Waals surface area contributed by atoms with Crippen LogP contribution in [0.4, 0.5) is 0 Å². The number of rotatable bonds is 2. The molecular weight excluding hydrogens is 200 g/mol. The summed E-state index contributed by atoms with van der Waals surface area (Å²) in [4.78, 5) is 6.87. The minimum Gasteiger partial charge on any atom is -0.493 e. The van der Waals surface area contributed by atoms with Gasteiger partial charge in [0.05, 0.1) is 6.20 Å². The average Bonchev–Trinajstić information content (AvgIpc) is 2.66. The normalized spacial score (nSPS) is 10.5. The molecule has 0 fully saturated rings. The Morgan fingerprint density at radius 1 is 1.33 bits per heavy atom. The number of hydrogen-bond donors (Lipinski definition) is 2. The molecule has 2 N–H and O–H groups in total. The van der Waals surface area contributed by atoms with E-state index in [0.29, 0.717) is 12.3 Å². The van der Waals surface area contributed by atoms with Crippen molar-refractivity contribution in [1.82, 2.24) is 20.2 Å². The van der Waals surface area contributed by atoms with E-state index < -0.39 is 11.9 Å². The van der Waals surface area contributed by atoms with Crippen LogP contribution in [0.15, 0.2) is 10.6 Å². The zero-order valence-corrected chi connectivity index (χ0v) is 7.88. The van der Waals surface area contributed by atoms with Crippen LogP contribution in [0.1, 0.15) is 12.8 Å². The summed E-state index contributed by atoms with van der Waals surface area (Å²) in [5.74, 6) is 0.190. The van der Waals surface area contributed by atoms with Crippen LogP contribution in [0.2, 0.25) is 0 Å². The van der Waals surface area contributed by atoms with Gasteiger partial charge in [-0.25, -0.2) is 4.98 Å². The van der Waals surface area contributed by atoms with E-state index in [1.54, 1.807) is 0 Å². The molecule has 15 heavy (non-hydrogen) atoms. The highest BCUT2D eigenvalue weighted by Gasteiger charge is 2.14. The molecule has 0 saturated heterocycles. The second kappa shape index (κ2) is 3.52. The first-order valence-corrected chi connectivity index (χ1v) is 4.28. The summed E-state index contributed by atoms with van der Waals surface area (Å²) in [6.45, 7) is 1.87. The van der Waals surface area contributed by atoms with Crippen LogP contribution < -0.4 is 0 Å². The van der Waals surface area contributed by atoms with Crippen molar-refractivity contribution in [3.05, 3.63) is 12.1 Å². The largest absolute Gasteiger partial charge is 0.493 e. The minimum absolute atomic E-state index is 0.129. The Morgan fingerprint density at radius 2 is 2.13 bits per heavy atom. The van der Waals surface area contributed by atoms with Crippen molar-refractivity contribution in [2.45, 2.75) is 13.3 Å². The molecule has 0 bridgehead atoms. The lowest BCUT2D eigenvalue weighted by molar-refractivity contribution is 0.397. The van der Waals surface area contributed by atoms with E-state index in [4.69, 9.17) is 9.52 Å². The van der Waals surface area contributed by atoms with Gasteiger partial charge >= 0.3 is 6.01 Å². The summed E-state index contributed by atoms with van der Waals surface area (Å²) < 4.78 is 5.20. The van der Waals surface area contributed by atoms with Crippen LogP contribution >= 0.6 is 0 Å². The van der Waals surface area contributed by atoms with Crippen molar-refractivity contribution in [3.63, 3.8) is 0 Å². The van der Waals surface area contributed by atoms with E-state index in [1.807, 2.05) is 6.92 Å². The van der Waals surface area contributed by atoms with Crippen molar-refractivity contribution in [2.75, 3.05) is 0 Å². The molecule has 0 aliphatic carbocycles. The number of aromatic hydroxyl groups is 2. The molecule has 2 rings (SSSR count). The van der Waals surface area contributed by atoms with E-state index >= 15 is 0 Å². The van der Waals surface area contributed by atoms with E-state index in [-0.39, 0.29) is 11.5 Å². The molecule has 0 aliphatic rings. The van der Waals surface area contributed by atoms with Crippen LogP contribution in [0.25, 0.3) is 11.5 Å². The molecule has 2 aromatic rings. The van der Waals surface area contributed by atoms with Gasteiger partial charge in [-0.1, -0.05) is 6.92 Å². The molecule has 0 radical (unpaired) electrons. The van der Waals surface area contributed by atoms with E-state index in [2.05, 4.69) is 20.2 Å². The summed E-state index contributed by atoms with van der Waals surface area (Å²) >= 11 is 0. The topological polar surface area (TPSA) is 105 Å². The van der Waals surface area contributed by atoms with E-state index in [0.717, 1.165) is 0 Å². The highest BCUT2D eigenvalue weighted by Crippen LogP contribution is 2.26. The second-order valence-corrected chi connectivity index (χ2v) is 2.76. The van der Waals surface area contributed by atoms with E-state index in [1.165, 1.54) is 6.20 Å². The molecular formula is C8H8N4O3. The number of nitrogens with zero attached hydrogens (tertiary/aromatic N) is 4. The zero-order chi connectivity index (χ0) is 10.8. The fraction of sp³-hybridized carbons (Fsp3) is 0.250. The van der Waals surface area contributed by atoms with Gasteiger partial charge in [0.25, 0.3) is 5.89 Å². The van der Waals surface area contributed by atoms with Gasteiger partial charge in [0.2, 0.25) is 11.8 Å². The van der Waals surface area contributed by atoms with Gasteiger partial charge in [-0.3, -0.25) is 0 Å². The molecule has 0 aliphatic heterocycles. The lowest BCUT2D eigenvalue weighted by Gasteiger charge is -1.97. The second-order valence-electron chi connectivity index (χ2n) is 2.76. The van der Waals surface area contributed by atoms with Gasteiger partial charge in [-0.15, -0.1) is 10.2 Å². The molecule has 0 atom stereocenters. The summed E-state index contributed by atoms with van der Waals surface area (Å²) in [6.07, 6.45) is 1.82. The summed E-state index contributed by atoms with van der Waals surface area (Å²) in [5.41, 5.74) is 0.194. The maximum absolute atomic E-state index is 9.39. The Morgan fingerprint density at radius 3 is 2.73 bits per heavy atom. The lowest BCUT2D eigenvalue weighted by atomic mass is 10.3. The molecule has 7 heteroatoms. The van der Waals surface area contributed by atoms with Crippen molar-refractivity contribution < 1.29 is 14.6 Å². The first-order chi connectivity index (χ1) is 7.20. The van der Waals surface area contributed by atoms with Crippen molar-refractivity contribution in [3.8, 4) is 23.3 Å². The Labute approximate surface area is 84.4 Å². The van der Waals surface area contributed by atoms with Crippen molar-refractivity contribution in [1.29, 1.82) is 0 Å². The van der Waals surface area contributed by atoms with Gasteiger partial charge in [0.1, 0.15) is 5.56 Å². The zero-order valence-electron chi connectivity index (χ0n) is 7.88. The van der Waals surface area contributed by atoms with Crippen LogP contribution in [0, 0.1) is 0 Å². The first-order valence-electron chi connectivity index (χ1n) is 4.28. The van der Waals surface area contributed by atoms with Crippen LogP contribution in [-0.2, 0) is 6.42 Å². The predicted molar refractivity (Wildman–Crippen MR) is 48.0 cm³/mol. The maximum atomic E-state index is 9.39. The van der Waals surface area contributed by atoms with Gasteiger partial charge in [0, 0.05) is 6.42 Å². The average molecular weight is 208 g/mol. The van der Waals surface area contributed by atoms with E-state index in [9.17, 15) is 5.11 Å². The predicted octanol–water partition coefficient (Wildman–Crippen LogP) is 0.500. The highest BCUT2D eigenvalue weighted by molar-refractivity contribution is 5.57.